The molecule has 188 valence electrons. The van der Waals surface area contributed by atoms with Crippen LogP contribution in [0, 0.1) is 0 Å². The van der Waals surface area contributed by atoms with E-state index in [1.807, 2.05) is 24.7 Å². The number of nitrogens with one attached hydrogen (secondary N) is 2. The summed E-state index contributed by atoms with van der Waals surface area (Å²) in [4.78, 5) is 21.9. The Morgan fingerprint density at radius 1 is 1.00 bits per heavy atom. The zero-order valence-corrected chi connectivity index (χ0v) is 21.5. The molecule has 3 aromatic heterocycles. The fraction of sp³-hybridized carbons (Fsp3) is 0.400. The fourth-order valence-corrected chi connectivity index (χ4v) is 6.13. The maximum absolute atomic E-state index is 5.20. The molecule has 3 aliphatic rings. The van der Waals surface area contributed by atoms with Gasteiger partial charge in [-0.1, -0.05) is 38.1 Å². The van der Waals surface area contributed by atoms with Gasteiger partial charge in [-0.15, -0.1) is 0 Å². The van der Waals surface area contributed by atoms with Crippen LogP contribution < -0.4 is 15.5 Å². The Labute approximate surface area is 217 Å². The summed E-state index contributed by atoms with van der Waals surface area (Å²) in [6, 6.07) is 13.1. The number of rotatable bonds is 5. The van der Waals surface area contributed by atoms with Gasteiger partial charge < -0.3 is 15.5 Å². The number of pyridine rings is 2. The van der Waals surface area contributed by atoms with Crippen molar-refractivity contribution in [3.8, 4) is 11.4 Å². The lowest BCUT2D eigenvalue weighted by molar-refractivity contribution is 0.493. The molecule has 1 aliphatic heterocycles. The van der Waals surface area contributed by atoms with Crippen molar-refractivity contribution in [3.63, 3.8) is 0 Å². The van der Waals surface area contributed by atoms with Gasteiger partial charge >= 0.3 is 0 Å². The van der Waals surface area contributed by atoms with Crippen molar-refractivity contribution < 1.29 is 0 Å². The predicted molar refractivity (Wildman–Crippen MR) is 148 cm³/mol. The molecule has 0 amide bonds. The minimum Gasteiger partial charge on any atom is -0.363 e. The Bertz CT molecular complexity index is 1470. The number of hydrogen-bond acceptors (Lipinski definition) is 7. The van der Waals surface area contributed by atoms with Gasteiger partial charge in [0.1, 0.15) is 11.6 Å². The molecule has 0 spiro atoms. The van der Waals surface area contributed by atoms with E-state index in [0.717, 1.165) is 61.1 Å². The van der Waals surface area contributed by atoms with E-state index in [0.29, 0.717) is 5.92 Å². The lowest BCUT2D eigenvalue weighted by Gasteiger charge is -2.30. The highest BCUT2D eigenvalue weighted by atomic mass is 15.2. The minimum atomic E-state index is 0.137. The molecule has 2 aliphatic carbocycles. The van der Waals surface area contributed by atoms with Gasteiger partial charge in [0.25, 0.3) is 0 Å². The van der Waals surface area contributed by atoms with Crippen LogP contribution in [0.4, 0.5) is 11.6 Å². The van der Waals surface area contributed by atoms with Crippen molar-refractivity contribution in [2.24, 2.45) is 0 Å². The first-order chi connectivity index (χ1) is 18.1. The number of hydrogen-bond donors (Lipinski definition) is 2. The number of anilines is 2. The maximum atomic E-state index is 5.20. The summed E-state index contributed by atoms with van der Waals surface area (Å²) in [6.07, 6.45) is 9.28. The van der Waals surface area contributed by atoms with Crippen LogP contribution in [0.5, 0.6) is 0 Å². The van der Waals surface area contributed by atoms with Crippen molar-refractivity contribution in [1.82, 2.24) is 25.3 Å². The van der Waals surface area contributed by atoms with Crippen molar-refractivity contribution in [2.45, 2.75) is 50.5 Å². The third kappa shape index (κ3) is 4.11. The number of aromatic nitrogens is 4. The molecule has 37 heavy (non-hydrogen) atoms. The molecule has 7 rings (SSSR count). The Kier molecular flexibility index (Phi) is 5.36. The molecule has 7 nitrogen and oxygen atoms in total. The van der Waals surface area contributed by atoms with Gasteiger partial charge in [-0.25, -0.2) is 15.0 Å². The van der Waals surface area contributed by atoms with E-state index in [9.17, 15) is 0 Å². The third-order valence-corrected chi connectivity index (χ3v) is 8.17. The van der Waals surface area contributed by atoms with E-state index < -0.39 is 0 Å². The molecule has 1 saturated heterocycles. The Morgan fingerprint density at radius 2 is 1.84 bits per heavy atom. The molecule has 1 atom stereocenters. The van der Waals surface area contributed by atoms with E-state index in [1.165, 1.54) is 34.9 Å². The van der Waals surface area contributed by atoms with Crippen LogP contribution in [0.25, 0.3) is 22.3 Å². The van der Waals surface area contributed by atoms with Gasteiger partial charge in [0.15, 0.2) is 5.82 Å². The molecule has 2 fully saturated rings. The first-order valence-electron chi connectivity index (χ1n) is 13.5. The van der Waals surface area contributed by atoms with Crippen molar-refractivity contribution in [2.75, 3.05) is 36.4 Å². The van der Waals surface area contributed by atoms with Crippen LogP contribution in [0.2, 0.25) is 0 Å². The Morgan fingerprint density at radius 3 is 2.68 bits per heavy atom. The van der Waals surface area contributed by atoms with Crippen molar-refractivity contribution in [1.29, 1.82) is 0 Å². The highest BCUT2D eigenvalue weighted by Crippen LogP contribution is 2.46. The first-order valence-corrected chi connectivity index (χ1v) is 13.5. The van der Waals surface area contributed by atoms with Crippen LogP contribution in [-0.4, -0.2) is 46.1 Å². The van der Waals surface area contributed by atoms with Gasteiger partial charge in [-0.3, -0.25) is 4.98 Å². The molecule has 4 aromatic rings. The monoisotopic (exact) mass is 491 g/mol. The molecule has 1 aromatic carbocycles. The second kappa shape index (κ2) is 8.77. The average Bonchev–Trinajstić information content (AvgIpc) is 3.74. The molecule has 7 heteroatoms. The summed E-state index contributed by atoms with van der Waals surface area (Å²) in [5, 5.41) is 8.36. The Balaban J connectivity index is 1.27. The minimum absolute atomic E-state index is 0.137. The number of nitrogens with zero attached hydrogens (tertiary/aromatic N) is 5. The third-order valence-electron chi connectivity index (χ3n) is 8.17. The SMILES string of the molecule is CC1(C)CC(Nc2cc(-c3nc(N4CCNCC4)c4c(C5CC5)cncc4n3)ccn2)c2ccccc21. The summed E-state index contributed by atoms with van der Waals surface area (Å²) in [5.74, 6) is 3.21. The molecular formula is C30H33N7. The number of benzene rings is 1. The number of piperazine rings is 1. The molecule has 0 bridgehead atoms. The van der Waals surface area contributed by atoms with Crippen LogP contribution in [0.1, 0.15) is 61.8 Å². The lowest BCUT2D eigenvalue weighted by Crippen LogP contribution is -2.44. The normalized spacial score (nSPS) is 20.7. The van der Waals surface area contributed by atoms with Gasteiger partial charge in [0.2, 0.25) is 0 Å². The number of fused-ring (bicyclic) bond motifs is 2. The van der Waals surface area contributed by atoms with Crippen LogP contribution in [0.3, 0.4) is 0 Å². The van der Waals surface area contributed by atoms with Crippen LogP contribution in [-0.2, 0) is 5.41 Å². The van der Waals surface area contributed by atoms with Gasteiger partial charge in [-0.05, 0) is 59.4 Å². The summed E-state index contributed by atoms with van der Waals surface area (Å²) < 4.78 is 0. The second-order valence-corrected chi connectivity index (χ2v) is 11.3. The van der Waals surface area contributed by atoms with Gasteiger partial charge in [0, 0.05) is 49.5 Å². The molecule has 0 radical (unpaired) electrons. The van der Waals surface area contributed by atoms with E-state index >= 15 is 0 Å². The first kappa shape index (κ1) is 22.6. The summed E-state index contributed by atoms with van der Waals surface area (Å²) in [6.45, 7) is 8.46. The summed E-state index contributed by atoms with van der Waals surface area (Å²) in [7, 11) is 0. The molecule has 4 heterocycles. The maximum Gasteiger partial charge on any atom is 0.162 e. The van der Waals surface area contributed by atoms with E-state index in [1.54, 1.807) is 0 Å². The largest absolute Gasteiger partial charge is 0.363 e. The topological polar surface area (TPSA) is 78.9 Å². The second-order valence-electron chi connectivity index (χ2n) is 11.3. The molecule has 2 N–H and O–H groups in total. The fourth-order valence-electron chi connectivity index (χ4n) is 6.13. The van der Waals surface area contributed by atoms with E-state index in [2.05, 4.69) is 69.7 Å². The zero-order chi connectivity index (χ0) is 25.0. The molecule has 1 unspecified atom stereocenters. The molecule has 1 saturated carbocycles. The quantitative estimate of drug-likeness (QED) is 0.397. The van der Waals surface area contributed by atoms with Crippen molar-refractivity contribution >= 4 is 22.5 Å². The molecular weight excluding hydrogens is 458 g/mol. The summed E-state index contributed by atoms with van der Waals surface area (Å²) in [5.41, 5.74) is 6.12. The predicted octanol–water partition coefficient (Wildman–Crippen LogP) is 5.21. The zero-order valence-electron chi connectivity index (χ0n) is 21.5. The highest BCUT2D eigenvalue weighted by molar-refractivity contribution is 5.94. The van der Waals surface area contributed by atoms with Gasteiger partial charge in [0.05, 0.1) is 17.8 Å². The highest BCUT2D eigenvalue weighted by Gasteiger charge is 2.36. The summed E-state index contributed by atoms with van der Waals surface area (Å²) >= 11 is 0. The lowest BCUT2D eigenvalue weighted by atomic mass is 9.86. The van der Waals surface area contributed by atoms with Gasteiger partial charge in [-0.2, -0.15) is 0 Å². The van der Waals surface area contributed by atoms with E-state index in [4.69, 9.17) is 9.97 Å². The van der Waals surface area contributed by atoms with Crippen molar-refractivity contribution in [3.05, 3.63) is 71.7 Å². The average molecular weight is 492 g/mol. The van der Waals surface area contributed by atoms with Crippen LogP contribution >= 0.6 is 0 Å². The smallest absolute Gasteiger partial charge is 0.162 e. The van der Waals surface area contributed by atoms with E-state index in [-0.39, 0.29) is 11.5 Å². The van der Waals surface area contributed by atoms with Crippen LogP contribution in [0.15, 0.2) is 55.0 Å². The Hall–Kier alpha value is -3.58. The standard InChI is InChI=1S/C30H33N7/c1-30(2)16-24(21-5-3-4-6-23(21)30)34-26-15-20(9-10-33-26)28-35-25-18-32-17-22(19-7-8-19)27(25)29(36-28)37-13-11-31-12-14-37/h3-6,9-10,15,17-19,24,31H,7-8,11-14,16H2,1-2H3,(H,33,34).